The first-order chi connectivity index (χ1) is 11.2. The van der Waals surface area contributed by atoms with Crippen LogP contribution in [0.25, 0.3) is 5.52 Å². The van der Waals surface area contributed by atoms with Crippen LogP contribution in [0.4, 0.5) is 0 Å². The van der Waals surface area contributed by atoms with Gasteiger partial charge in [-0.25, -0.2) is 4.52 Å². The van der Waals surface area contributed by atoms with E-state index < -0.39 is 0 Å². The number of carbonyl (C=O) groups excluding carboxylic acids is 2. The van der Waals surface area contributed by atoms with E-state index in [9.17, 15) is 9.59 Å². The van der Waals surface area contributed by atoms with Gasteiger partial charge in [0, 0.05) is 19.2 Å². The van der Waals surface area contributed by atoms with Crippen LogP contribution in [0.5, 0.6) is 0 Å². The minimum Gasteiger partial charge on any atom is -0.355 e. The summed E-state index contributed by atoms with van der Waals surface area (Å²) in [5, 5.41) is 9.57. The smallest absolute Gasteiger partial charge is 0.270 e. The van der Waals surface area contributed by atoms with Crippen molar-refractivity contribution in [1.29, 1.82) is 0 Å². The highest BCUT2D eigenvalue weighted by atomic mass is 16.2. The molecule has 0 radical (unpaired) electrons. The van der Waals surface area contributed by atoms with E-state index in [-0.39, 0.29) is 11.8 Å². The Morgan fingerprint density at radius 3 is 2.74 bits per heavy atom. The molecule has 0 aliphatic rings. The topological polar surface area (TPSA) is 75.5 Å². The SMILES string of the molecule is CNC(=O)c1cccc(CNC(=O)c2cccc3ccnn23)c1. The van der Waals surface area contributed by atoms with Gasteiger partial charge in [-0.15, -0.1) is 0 Å². The van der Waals surface area contributed by atoms with Gasteiger partial charge in [-0.1, -0.05) is 18.2 Å². The largest absolute Gasteiger partial charge is 0.355 e. The Balaban J connectivity index is 1.74. The number of nitrogens with zero attached hydrogens (tertiary/aromatic N) is 2. The maximum absolute atomic E-state index is 12.4. The maximum atomic E-state index is 12.4. The van der Waals surface area contributed by atoms with Crippen LogP contribution in [-0.2, 0) is 6.54 Å². The Labute approximate surface area is 133 Å². The number of hydrogen-bond acceptors (Lipinski definition) is 3. The summed E-state index contributed by atoms with van der Waals surface area (Å²) in [6.07, 6.45) is 1.65. The van der Waals surface area contributed by atoms with Crippen LogP contribution >= 0.6 is 0 Å². The Morgan fingerprint density at radius 2 is 1.91 bits per heavy atom. The van der Waals surface area contributed by atoms with Crippen LogP contribution < -0.4 is 10.6 Å². The molecule has 2 N–H and O–H groups in total. The van der Waals surface area contributed by atoms with Gasteiger partial charge in [0.15, 0.2) is 0 Å². The van der Waals surface area contributed by atoms with Gasteiger partial charge in [-0.3, -0.25) is 9.59 Å². The van der Waals surface area contributed by atoms with Crippen LogP contribution in [0.1, 0.15) is 26.4 Å². The second-order valence-electron chi connectivity index (χ2n) is 5.04. The Hall–Kier alpha value is -3.15. The minimum atomic E-state index is -0.218. The number of amides is 2. The lowest BCUT2D eigenvalue weighted by Crippen LogP contribution is -2.25. The van der Waals surface area contributed by atoms with Crippen LogP contribution in [0.3, 0.4) is 0 Å². The average molecular weight is 308 g/mol. The van der Waals surface area contributed by atoms with Crippen molar-refractivity contribution >= 4 is 17.3 Å². The first-order valence-electron chi connectivity index (χ1n) is 7.21. The molecular weight excluding hydrogens is 292 g/mol. The van der Waals surface area contributed by atoms with Crippen LogP contribution in [0.15, 0.2) is 54.7 Å². The Kier molecular flexibility index (Phi) is 4.05. The van der Waals surface area contributed by atoms with Gasteiger partial charge in [-0.05, 0) is 35.9 Å². The van der Waals surface area contributed by atoms with Gasteiger partial charge >= 0.3 is 0 Å². The standard InChI is InChI=1S/C17H16N4O2/c1-18-16(22)13-5-2-4-12(10-13)11-19-17(23)15-7-3-6-14-8-9-20-21(14)15/h2-10H,11H2,1H3,(H,18,22)(H,19,23). The van der Waals surface area contributed by atoms with Gasteiger partial charge in [0.25, 0.3) is 11.8 Å². The van der Waals surface area contributed by atoms with E-state index in [1.165, 1.54) is 0 Å². The zero-order chi connectivity index (χ0) is 16.2. The summed E-state index contributed by atoms with van der Waals surface area (Å²) in [6.45, 7) is 0.335. The molecule has 0 aliphatic carbocycles. The minimum absolute atomic E-state index is 0.153. The zero-order valence-corrected chi connectivity index (χ0v) is 12.6. The van der Waals surface area contributed by atoms with Gasteiger partial charge in [-0.2, -0.15) is 5.10 Å². The van der Waals surface area contributed by atoms with E-state index >= 15 is 0 Å². The van der Waals surface area contributed by atoms with Crippen LogP contribution in [-0.4, -0.2) is 28.5 Å². The molecule has 23 heavy (non-hydrogen) atoms. The van der Waals surface area contributed by atoms with Crippen molar-refractivity contribution in [1.82, 2.24) is 20.2 Å². The molecule has 0 saturated heterocycles. The second kappa shape index (κ2) is 6.31. The molecule has 2 aromatic heterocycles. The van der Waals surface area contributed by atoms with E-state index in [1.54, 1.807) is 42.0 Å². The molecular formula is C17H16N4O2. The molecule has 116 valence electrons. The molecule has 0 unspecified atom stereocenters. The summed E-state index contributed by atoms with van der Waals surface area (Å²) in [5.41, 5.74) is 2.75. The summed E-state index contributed by atoms with van der Waals surface area (Å²) in [5.74, 6) is -0.371. The Morgan fingerprint density at radius 1 is 1.09 bits per heavy atom. The fourth-order valence-electron chi connectivity index (χ4n) is 2.36. The predicted octanol–water partition coefficient (Wildman–Crippen LogP) is 1.62. The molecule has 6 heteroatoms. The molecule has 2 heterocycles. The van der Waals surface area contributed by atoms with Gasteiger partial charge in [0.05, 0.1) is 11.7 Å². The molecule has 2 amide bonds. The third-order valence-electron chi connectivity index (χ3n) is 3.52. The molecule has 0 spiro atoms. The lowest BCUT2D eigenvalue weighted by molar-refractivity contribution is 0.0942. The summed E-state index contributed by atoms with van der Waals surface area (Å²) >= 11 is 0. The zero-order valence-electron chi connectivity index (χ0n) is 12.6. The van der Waals surface area contributed by atoms with Crippen molar-refractivity contribution < 1.29 is 9.59 Å². The molecule has 0 bridgehead atoms. The molecule has 0 saturated carbocycles. The number of hydrogen-bond donors (Lipinski definition) is 2. The van der Waals surface area contributed by atoms with Crippen molar-refractivity contribution in [2.75, 3.05) is 7.05 Å². The quantitative estimate of drug-likeness (QED) is 0.769. The van der Waals surface area contributed by atoms with Crippen LogP contribution in [0, 0.1) is 0 Å². The van der Waals surface area contributed by atoms with E-state index in [4.69, 9.17) is 0 Å². The van der Waals surface area contributed by atoms with Crippen molar-refractivity contribution in [3.05, 3.63) is 71.5 Å². The summed E-state index contributed by atoms with van der Waals surface area (Å²) in [7, 11) is 1.58. The Bertz CT molecular complexity index is 870. The fraction of sp³-hybridized carbons (Fsp3) is 0.118. The van der Waals surface area contributed by atoms with Crippen LogP contribution in [0.2, 0.25) is 0 Å². The average Bonchev–Trinajstić information content (AvgIpc) is 3.07. The number of benzene rings is 1. The normalized spacial score (nSPS) is 10.5. The molecule has 6 nitrogen and oxygen atoms in total. The number of pyridine rings is 1. The number of nitrogens with one attached hydrogen (secondary N) is 2. The highest BCUT2D eigenvalue weighted by Gasteiger charge is 2.10. The maximum Gasteiger partial charge on any atom is 0.270 e. The van der Waals surface area contributed by atoms with E-state index in [0.717, 1.165) is 11.1 Å². The van der Waals surface area contributed by atoms with Gasteiger partial charge in [0.1, 0.15) is 5.69 Å². The highest BCUT2D eigenvalue weighted by molar-refractivity contribution is 5.94. The molecule has 0 fully saturated rings. The monoisotopic (exact) mass is 308 g/mol. The third kappa shape index (κ3) is 3.06. The third-order valence-corrected chi connectivity index (χ3v) is 3.52. The highest BCUT2D eigenvalue weighted by Crippen LogP contribution is 2.08. The van der Waals surface area contributed by atoms with Gasteiger partial charge < -0.3 is 10.6 Å². The summed E-state index contributed by atoms with van der Waals surface area (Å²) in [6, 6.07) is 14.4. The molecule has 0 aliphatic heterocycles. The lowest BCUT2D eigenvalue weighted by Gasteiger charge is -2.08. The summed E-state index contributed by atoms with van der Waals surface area (Å²) in [4.78, 5) is 24.0. The van der Waals surface area contributed by atoms with Crippen molar-refractivity contribution in [3.63, 3.8) is 0 Å². The molecule has 1 aromatic carbocycles. The van der Waals surface area contributed by atoms with Crippen molar-refractivity contribution in [2.45, 2.75) is 6.54 Å². The number of fused-ring (bicyclic) bond motifs is 1. The second-order valence-corrected chi connectivity index (χ2v) is 5.04. The fourth-order valence-corrected chi connectivity index (χ4v) is 2.36. The van der Waals surface area contributed by atoms with Gasteiger partial charge in [0.2, 0.25) is 0 Å². The molecule has 3 aromatic rings. The van der Waals surface area contributed by atoms with E-state index in [0.29, 0.717) is 17.8 Å². The summed E-state index contributed by atoms with van der Waals surface area (Å²) < 4.78 is 1.59. The number of rotatable bonds is 4. The van der Waals surface area contributed by atoms with Crippen molar-refractivity contribution in [2.24, 2.45) is 0 Å². The lowest BCUT2D eigenvalue weighted by atomic mass is 10.1. The molecule has 0 atom stereocenters. The number of carbonyl (C=O) groups is 2. The number of aromatic nitrogens is 2. The van der Waals surface area contributed by atoms with E-state index in [1.807, 2.05) is 24.3 Å². The van der Waals surface area contributed by atoms with E-state index in [2.05, 4.69) is 15.7 Å². The molecule has 3 rings (SSSR count). The first-order valence-corrected chi connectivity index (χ1v) is 7.21. The predicted molar refractivity (Wildman–Crippen MR) is 86.2 cm³/mol. The van der Waals surface area contributed by atoms with Crippen molar-refractivity contribution in [3.8, 4) is 0 Å². The first kappa shape index (κ1) is 14.8.